The summed E-state index contributed by atoms with van der Waals surface area (Å²) >= 11 is 8.57. The van der Waals surface area contributed by atoms with Gasteiger partial charge in [0.1, 0.15) is 5.75 Å². The second kappa shape index (κ2) is 10.0. The molecule has 0 aromatic heterocycles. The van der Waals surface area contributed by atoms with E-state index in [9.17, 15) is 9.59 Å². The van der Waals surface area contributed by atoms with Crippen LogP contribution in [0, 0.1) is 0 Å². The Kier molecular flexibility index (Phi) is 7.75. The van der Waals surface area contributed by atoms with Crippen LogP contribution in [0.2, 0.25) is 0 Å². The number of amides is 2. The van der Waals surface area contributed by atoms with Crippen molar-refractivity contribution in [2.24, 2.45) is 0 Å². The van der Waals surface area contributed by atoms with Crippen molar-refractivity contribution in [3.05, 3.63) is 58.1 Å². The number of carbonyl (C=O) groups excluding carboxylic acids is 2. The van der Waals surface area contributed by atoms with Gasteiger partial charge < -0.3 is 15.4 Å². The van der Waals surface area contributed by atoms with Crippen molar-refractivity contribution in [3.63, 3.8) is 0 Å². The van der Waals surface area contributed by atoms with Crippen molar-refractivity contribution >= 4 is 50.8 Å². The monoisotopic (exact) mass is 449 g/mol. The zero-order valence-corrected chi connectivity index (χ0v) is 17.4. The lowest BCUT2D eigenvalue weighted by Crippen LogP contribution is -2.34. The molecule has 0 fully saturated rings. The van der Waals surface area contributed by atoms with Crippen LogP contribution >= 0.6 is 28.1 Å². The minimum Gasteiger partial charge on any atom is -0.493 e. The van der Waals surface area contributed by atoms with E-state index >= 15 is 0 Å². The van der Waals surface area contributed by atoms with Gasteiger partial charge in [-0.15, -0.1) is 0 Å². The third-order valence-corrected chi connectivity index (χ3v) is 4.27. The SMILES string of the molecule is CCOc1ccc(Br)cc1C(=O)NC(=S)Nc1ccc(CC(=O)NC)cc1. The zero-order valence-electron chi connectivity index (χ0n) is 15.0. The number of likely N-dealkylation sites (N-methyl/N-ethyl adjacent to an activating group) is 1. The highest BCUT2D eigenvalue weighted by Gasteiger charge is 2.14. The van der Waals surface area contributed by atoms with E-state index in [2.05, 4.69) is 31.9 Å². The molecule has 3 N–H and O–H groups in total. The molecule has 0 unspecified atom stereocenters. The summed E-state index contributed by atoms with van der Waals surface area (Å²) in [6.07, 6.45) is 0.307. The van der Waals surface area contributed by atoms with Crippen LogP contribution in [0.3, 0.4) is 0 Å². The van der Waals surface area contributed by atoms with Crippen LogP contribution in [0.25, 0.3) is 0 Å². The van der Waals surface area contributed by atoms with E-state index < -0.39 is 0 Å². The van der Waals surface area contributed by atoms with Gasteiger partial charge in [0.25, 0.3) is 5.91 Å². The van der Waals surface area contributed by atoms with E-state index in [0.29, 0.717) is 30.0 Å². The lowest BCUT2D eigenvalue weighted by molar-refractivity contribution is -0.119. The van der Waals surface area contributed by atoms with Crippen LogP contribution < -0.4 is 20.7 Å². The largest absolute Gasteiger partial charge is 0.493 e. The van der Waals surface area contributed by atoms with Crippen molar-refractivity contribution in [1.29, 1.82) is 0 Å². The van der Waals surface area contributed by atoms with Gasteiger partial charge in [-0.05, 0) is 55.0 Å². The Bertz CT molecular complexity index is 841. The van der Waals surface area contributed by atoms with Crippen molar-refractivity contribution in [3.8, 4) is 5.75 Å². The summed E-state index contributed by atoms with van der Waals surface area (Å²) in [7, 11) is 1.60. The molecule has 2 aromatic rings. The molecule has 0 heterocycles. The first-order valence-electron chi connectivity index (χ1n) is 8.27. The highest BCUT2D eigenvalue weighted by molar-refractivity contribution is 9.10. The number of ether oxygens (including phenoxy) is 1. The number of halogens is 1. The van der Waals surface area contributed by atoms with Crippen LogP contribution in [0.5, 0.6) is 5.75 Å². The maximum atomic E-state index is 12.5. The van der Waals surface area contributed by atoms with Crippen molar-refractivity contribution in [2.45, 2.75) is 13.3 Å². The Hall–Kier alpha value is -2.45. The molecule has 0 saturated carbocycles. The molecule has 0 radical (unpaired) electrons. The van der Waals surface area contributed by atoms with E-state index in [1.165, 1.54) is 0 Å². The topological polar surface area (TPSA) is 79.5 Å². The molecule has 0 aliphatic rings. The van der Waals surface area contributed by atoms with Gasteiger partial charge in [0.2, 0.25) is 5.91 Å². The van der Waals surface area contributed by atoms with E-state index in [0.717, 1.165) is 10.0 Å². The Morgan fingerprint density at radius 3 is 2.48 bits per heavy atom. The molecule has 2 rings (SSSR count). The average Bonchev–Trinajstić information content (AvgIpc) is 2.64. The Morgan fingerprint density at radius 1 is 1.15 bits per heavy atom. The summed E-state index contributed by atoms with van der Waals surface area (Å²) in [6.45, 7) is 2.30. The van der Waals surface area contributed by atoms with Crippen LogP contribution in [-0.2, 0) is 11.2 Å². The molecular formula is C19H20BrN3O3S. The highest BCUT2D eigenvalue weighted by atomic mass is 79.9. The maximum absolute atomic E-state index is 12.5. The van der Waals surface area contributed by atoms with Gasteiger partial charge >= 0.3 is 0 Å². The standard InChI is InChI=1S/C19H20BrN3O3S/c1-3-26-16-9-6-13(20)11-15(16)18(25)23-19(27)22-14-7-4-12(5-8-14)10-17(24)21-2/h4-9,11H,3,10H2,1-2H3,(H,21,24)(H2,22,23,25,27). The lowest BCUT2D eigenvalue weighted by atomic mass is 10.1. The molecule has 8 heteroatoms. The van der Waals surface area contributed by atoms with Crippen molar-refractivity contribution in [2.75, 3.05) is 19.0 Å². The van der Waals surface area contributed by atoms with Gasteiger partial charge in [-0.25, -0.2) is 0 Å². The third kappa shape index (κ3) is 6.33. The predicted molar refractivity (Wildman–Crippen MR) is 113 cm³/mol. The maximum Gasteiger partial charge on any atom is 0.261 e. The molecule has 27 heavy (non-hydrogen) atoms. The van der Waals surface area contributed by atoms with Crippen LogP contribution in [0.1, 0.15) is 22.8 Å². The van der Waals surface area contributed by atoms with Gasteiger partial charge in [0.15, 0.2) is 5.11 Å². The molecule has 2 aromatic carbocycles. The van der Waals surface area contributed by atoms with E-state index in [4.69, 9.17) is 17.0 Å². The third-order valence-electron chi connectivity index (χ3n) is 3.57. The summed E-state index contributed by atoms with van der Waals surface area (Å²) in [5.74, 6) is 0.0608. The van der Waals surface area contributed by atoms with Crippen molar-refractivity contribution < 1.29 is 14.3 Å². The smallest absolute Gasteiger partial charge is 0.261 e. The van der Waals surface area contributed by atoms with Gasteiger partial charge in [0, 0.05) is 17.2 Å². The fraction of sp³-hybridized carbons (Fsp3) is 0.211. The van der Waals surface area contributed by atoms with E-state index in [1.54, 1.807) is 37.4 Å². The minimum atomic E-state index is -0.367. The summed E-state index contributed by atoms with van der Waals surface area (Å²) in [5.41, 5.74) is 1.97. The fourth-order valence-electron chi connectivity index (χ4n) is 2.27. The quantitative estimate of drug-likeness (QED) is 0.589. The molecule has 0 atom stereocenters. The van der Waals surface area contributed by atoms with Gasteiger partial charge in [-0.2, -0.15) is 0 Å². The lowest BCUT2D eigenvalue weighted by Gasteiger charge is -2.13. The number of thiocarbonyl (C=S) groups is 1. The molecule has 2 amide bonds. The summed E-state index contributed by atoms with van der Waals surface area (Å²) in [5, 5.41) is 8.34. The molecule has 0 aliphatic carbocycles. The number of hydrogen-bond acceptors (Lipinski definition) is 4. The Morgan fingerprint density at radius 2 is 1.85 bits per heavy atom. The van der Waals surface area contributed by atoms with Crippen LogP contribution in [-0.4, -0.2) is 30.6 Å². The van der Waals surface area contributed by atoms with Crippen molar-refractivity contribution in [1.82, 2.24) is 10.6 Å². The first-order valence-corrected chi connectivity index (χ1v) is 9.47. The molecule has 6 nitrogen and oxygen atoms in total. The van der Waals surface area contributed by atoms with Gasteiger partial charge in [-0.3, -0.25) is 14.9 Å². The first-order chi connectivity index (χ1) is 12.9. The number of nitrogens with one attached hydrogen (secondary N) is 3. The van der Waals surface area contributed by atoms with Crippen LogP contribution in [0.15, 0.2) is 46.9 Å². The molecule has 0 saturated heterocycles. The zero-order chi connectivity index (χ0) is 19.8. The summed E-state index contributed by atoms with van der Waals surface area (Å²) in [6, 6.07) is 12.4. The van der Waals surface area contributed by atoms with Gasteiger partial charge in [0.05, 0.1) is 18.6 Å². The first kappa shape index (κ1) is 20.9. The van der Waals surface area contributed by atoms with Crippen LogP contribution in [0.4, 0.5) is 5.69 Å². The predicted octanol–water partition coefficient (Wildman–Crippen LogP) is 3.26. The molecule has 0 bridgehead atoms. The minimum absolute atomic E-state index is 0.0578. The fourth-order valence-corrected chi connectivity index (χ4v) is 2.85. The molecule has 0 aliphatic heterocycles. The second-order valence-corrected chi connectivity index (χ2v) is 6.85. The van der Waals surface area contributed by atoms with Gasteiger partial charge in [-0.1, -0.05) is 28.1 Å². The highest BCUT2D eigenvalue weighted by Crippen LogP contribution is 2.23. The number of benzene rings is 2. The number of rotatable bonds is 6. The number of carbonyl (C=O) groups is 2. The number of anilines is 1. The summed E-state index contributed by atoms with van der Waals surface area (Å²) in [4.78, 5) is 23.9. The Labute approximate surface area is 171 Å². The summed E-state index contributed by atoms with van der Waals surface area (Å²) < 4.78 is 6.25. The molecular weight excluding hydrogens is 430 g/mol. The Balaban J connectivity index is 2.00. The molecule has 142 valence electrons. The normalized spacial score (nSPS) is 10.0. The number of hydrogen-bond donors (Lipinski definition) is 3. The molecule has 0 spiro atoms. The van der Waals surface area contributed by atoms with E-state index in [-0.39, 0.29) is 16.9 Å². The average molecular weight is 450 g/mol. The van der Waals surface area contributed by atoms with E-state index in [1.807, 2.05) is 19.1 Å². The second-order valence-electron chi connectivity index (χ2n) is 5.53.